The van der Waals surface area contributed by atoms with Gasteiger partial charge in [0.05, 0.1) is 16.3 Å². The maximum atomic E-state index is 13.7. The molecule has 0 saturated carbocycles. The third-order valence-corrected chi connectivity index (χ3v) is 8.80. The Hall–Kier alpha value is -4.18. The van der Waals surface area contributed by atoms with Gasteiger partial charge in [0.1, 0.15) is 6.54 Å². The van der Waals surface area contributed by atoms with Crippen molar-refractivity contribution in [2.45, 2.75) is 25.7 Å². The largest absolute Gasteiger partial charge is 0.322 e. The molecule has 0 saturated heterocycles. The van der Waals surface area contributed by atoms with Crippen molar-refractivity contribution in [3.63, 3.8) is 0 Å². The van der Waals surface area contributed by atoms with E-state index in [4.69, 9.17) is 23.2 Å². The first kappa shape index (κ1) is 30.8. The van der Waals surface area contributed by atoms with E-state index in [0.29, 0.717) is 38.1 Å². The monoisotopic (exact) mass is 622 g/mol. The van der Waals surface area contributed by atoms with E-state index in [9.17, 15) is 18.0 Å². The summed E-state index contributed by atoms with van der Waals surface area (Å²) in [6, 6.07) is 24.8. The molecule has 4 aromatic rings. The van der Waals surface area contributed by atoms with Gasteiger partial charge in [-0.15, -0.1) is 0 Å². The second kappa shape index (κ2) is 13.2. The van der Waals surface area contributed by atoms with Crippen LogP contribution >= 0.6 is 23.2 Å². The van der Waals surface area contributed by atoms with Crippen LogP contribution in [0.1, 0.15) is 34.0 Å². The molecule has 0 aliphatic heterocycles. The predicted octanol–water partition coefficient (Wildman–Crippen LogP) is 6.60. The van der Waals surface area contributed by atoms with Gasteiger partial charge in [-0.1, -0.05) is 65.2 Å². The quantitative estimate of drug-likeness (QED) is 0.162. The number of hydrazone groups is 1. The van der Waals surface area contributed by atoms with E-state index in [-0.39, 0.29) is 16.5 Å². The topological polar surface area (TPSA) is 108 Å². The summed E-state index contributed by atoms with van der Waals surface area (Å²) in [4.78, 5) is 25.7. The van der Waals surface area contributed by atoms with Crippen molar-refractivity contribution in [1.82, 2.24) is 5.43 Å². The summed E-state index contributed by atoms with van der Waals surface area (Å²) in [6.45, 7) is 4.68. The molecule has 11 heteroatoms. The van der Waals surface area contributed by atoms with Gasteiger partial charge >= 0.3 is 0 Å². The van der Waals surface area contributed by atoms with E-state index in [1.165, 1.54) is 12.1 Å². The van der Waals surface area contributed by atoms with Crippen molar-refractivity contribution in [1.29, 1.82) is 0 Å². The van der Waals surface area contributed by atoms with Gasteiger partial charge in [-0.05, 0) is 86.5 Å². The first-order valence-corrected chi connectivity index (χ1v) is 15.0. The highest BCUT2D eigenvalue weighted by Gasteiger charge is 2.28. The SMILES string of the molecule is C/C(=N/NC(=O)CN(c1cccc(Cl)c1C)S(=O)(=O)c1ccc(C)cc1)c1cccc(NC(=O)c2cccc(Cl)c2)c1. The Kier molecular flexibility index (Phi) is 9.67. The number of hydrogen-bond acceptors (Lipinski definition) is 5. The Balaban J connectivity index is 1.53. The summed E-state index contributed by atoms with van der Waals surface area (Å²) in [5, 5.41) is 7.81. The van der Waals surface area contributed by atoms with Crippen molar-refractivity contribution in [3.8, 4) is 0 Å². The second-order valence-electron chi connectivity index (χ2n) is 9.49. The van der Waals surface area contributed by atoms with Crippen LogP contribution in [-0.4, -0.2) is 32.5 Å². The molecular weight excluding hydrogens is 595 g/mol. The molecule has 0 aliphatic carbocycles. The highest BCUT2D eigenvalue weighted by Crippen LogP contribution is 2.31. The third-order valence-electron chi connectivity index (χ3n) is 6.38. The number of amides is 2. The van der Waals surface area contributed by atoms with Crippen LogP contribution in [0.3, 0.4) is 0 Å². The molecule has 0 aromatic heterocycles. The van der Waals surface area contributed by atoms with Crippen LogP contribution in [0.4, 0.5) is 11.4 Å². The van der Waals surface area contributed by atoms with Crippen molar-refractivity contribution >= 4 is 62.1 Å². The fourth-order valence-corrected chi connectivity index (χ4v) is 5.87. The number of halogens is 2. The maximum Gasteiger partial charge on any atom is 0.264 e. The summed E-state index contributed by atoms with van der Waals surface area (Å²) >= 11 is 12.3. The number of aryl methyl sites for hydroxylation is 1. The van der Waals surface area contributed by atoms with Crippen molar-refractivity contribution in [2.24, 2.45) is 5.10 Å². The molecule has 42 heavy (non-hydrogen) atoms. The lowest BCUT2D eigenvalue weighted by Gasteiger charge is -2.25. The smallest absolute Gasteiger partial charge is 0.264 e. The number of carbonyl (C=O) groups is 2. The van der Waals surface area contributed by atoms with Gasteiger partial charge in [0.25, 0.3) is 21.8 Å². The molecular formula is C31H28Cl2N4O4S. The van der Waals surface area contributed by atoms with Gasteiger partial charge in [0, 0.05) is 21.3 Å². The maximum absolute atomic E-state index is 13.7. The molecule has 0 heterocycles. The Morgan fingerprint density at radius 1 is 0.857 bits per heavy atom. The van der Waals surface area contributed by atoms with E-state index in [1.54, 1.807) is 92.7 Å². The summed E-state index contributed by atoms with van der Waals surface area (Å²) in [5.74, 6) is -0.987. The molecule has 8 nitrogen and oxygen atoms in total. The van der Waals surface area contributed by atoms with Gasteiger partial charge in [0.15, 0.2) is 0 Å². The van der Waals surface area contributed by atoms with Crippen LogP contribution in [0.15, 0.2) is 101 Å². The minimum absolute atomic E-state index is 0.0385. The first-order valence-electron chi connectivity index (χ1n) is 12.8. The van der Waals surface area contributed by atoms with E-state index >= 15 is 0 Å². The zero-order valence-corrected chi connectivity index (χ0v) is 25.4. The van der Waals surface area contributed by atoms with Crippen molar-refractivity contribution in [2.75, 3.05) is 16.2 Å². The molecule has 4 rings (SSSR count). The lowest BCUT2D eigenvalue weighted by Crippen LogP contribution is -2.40. The zero-order valence-electron chi connectivity index (χ0n) is 23.1. The van der Waals surface area contributed by atoms with E-state index in [1.807, 2.05) is 6.92 Å². The van der Waals surface area contributed by atoms with E-state index < -0.39 is 22.5 Å². The molecule has 0 unspecified atom stereocenters. The van der Waals surface area contributed by atoms with Gasteiger partial charge in [-0.3, -0.25) is 13.9 Å². The molecule has 216 valence electrons. The average Bonchev–Trinajstić information content (AvgIpc) is 2.96. The minimum Gasteiger partial charge on any atom is -0.322 e. The van der Waals surface area contributed by atoms with Gasteiger partial charge in [-0.2, -0.15) is 5.10 Å². The first-order chi connectivity index (χ1) is 20.0. The van der Waals surface area contributed by atoms with Crippen LogP contribution in [-0.2, 0) is 14.8 Å². The average molecular weight is 624 g/mol. The van der Waals surface area contributed by atoms with Crippen LogP contribution in [0, 0.1) is 13.8 Å². The normalized spacial score (nSPS) is 11.6. The lowest BCUT2D eigenvalue weighted by molar-refractivity contribution is -0.119. The standard InChI is InChI=1S/C31H28Cl2N4O4S/c1-20-13-15-27(16-14-20)42(40,41)37(29-12-6-11-28(33)21(29)2)19-30(38)36-35-22(3)23-7-5-10-26(18-23)34-31(39)24-8-4-9-25(32)17-24/h4-18H,19H2,1-3H3,(H,34,39)(H,36,38)/b35-22-. The molecule has 2 N–H and O–H groups in total. The summed E-state index contributed by atoms with van der Waals surface area (Å²) < 4.78 is 28.4. The number of carbonyl (C=O) groups excluding carboxylic acids is 2. The number of rotatable bonds is 9. The Morgan fingerprint density at radius 2 is 1.52 bits per heavy atom. The Labute approximate surface area is 255 Å². The molecule has 0 spiro atoms. The molecule has 0 atom stereocenters. The van der Waals surface area contributed by atoms with Gasteiger partial charge in [0.2, 0.25) is 0 Å². The minimum atomic E-state index is -4.12. The summed E-state index contributed by atoms with van der Waals surface area (Å²) in [6.07, 6.45) is 0. The van der Waals surface area contributed by atoms with Gasteiger partial charge in [-0.25, -0.2) is 13.8 Å². The number of sulfonamides is 1. The number of hydrogen-bond donors (Lipinski definition) is 2. The highest BCUT2D eigenvalue weighted by molar-refractivity contribution is 7.92. The van der Waals surface area contributed by atoms with Gasteiger partial charge < -0.3 is 5.32 Å². The highest BCUT2D eigenvalue weighted by atomic mass is 35.5. The Morgan fingerprint density at radius 3 is 2.24 bits per heavy atom. The zero-order chi connectivity index (χ0) is 30.4. The fraction of sp³-hybridized carbons (Fsp3) is 0.129. The van der Waals surface area contributed by atoms with Crippen LogP contribution < -0.4 is 15.0 Å². The molecule has 4 aromatic carbocycles. The van der Waals surface area contributed by atoms with Crippen LogP contribution in [0.5, 0.6) is 0 Å². The molecule has 0 fully saturated rings. The van der Waals surface area contributed by atoms with E-state index in [2.05, 4.69) is 15.8 Å². The van der Waals surface area contributed by atoms with Crippen molar-refractivity contribution in [3.05, 3.63) is 123 Å². The summed E-state index contributed by atoms with van der Waals surface area (Å²) in [7, 11) is -4.12. The molecule has 0 bridgehead atoms. The van der Waals surface area contributed by atoms with E-state index in [0.717, 1.165) is 9.87 Å². The predicted molar refractivity (Wildman–Crippen MR) is 168 cm³/mol. The van der Waals surface area contributed by atoms with Crippen molar-refractivity contribution < 1.29 is 18.0 Å². The number of benzene rings is 4. The lowest BCUT2D eigenvalue weighted by atomic mass is 10.1. The number of anilines is 2. The van der Waals surface area contributed by atoms with Crippen LogP contribution in [0.2, 0.25) is 10.0 Å². The fourth-order valence-electron chi connectivity index (χ4n) is 4.03. The summed E-state index contributed by atoms with van der Waals surface area (Å²) in [5.41, 5.74) is 6.14. The van der Waals surface area contributed by atoms with Crippen LogP contribution in [0.25, 0.3) is 0 Å². The number of nitrogens with one attached hydrogen (secondary N) is 2. The second-order valence-corrected chi connectivity index (χ2v) is 12.2. The molecule has 0 aliphatic rings. The Bertz CT molecular complexity index is 1770. The number of nitrogens with zero attached hydrogens (tertiary/aromatic N) is 2. The molecule has 2 amide bonds. The third kappa shape index (κ3) is 7.36. The molecule has 0 radical (unpaired) electrons.